The van der Waals surface area contributed by atoms with Crippen LogP contribution >= 0.6 is 0 Å². The minimum atomic E-state index is 0.0949. The second-order valence-corrected chi connectivity index (χ2v) is 9.68. The van der Waals surface area contributed by atoms with Crippen LogP contribution in [0.25, 0.3) is 0 Å². The van der Waals surface area contributed by atoms with Crippen molar-refractivity contribution in [1.82, 2.24) is 5.32 Å². The second kappa shape index (κ2) is 6.20. The fourth-order valence-electron chi connectivity index (χ4n) is 3.39. The number of nitrogens with one attached hydrogen (secondary N) is 1. The van der Waals surface area contributed by atoms with Crippen molar-refractivity contribution in [2.45, 2.75) is 91.2 Å². The van der Waals surface area contributed by atoms with Crippen molar-refractivity contribution in [3.05, 3.63) is 0 Å². The number of ether oxygens (including phenoxy) is 1. The standard InChI is InChI=1S/C19H37NO/c1-17(2,3)16-9-11-19(12-10-16,14-20-18(4,5)6)21-13-15-7-8-15/h15-16,20H,7-14H2,1-6H3. The van der Waals surface area contributed by atoms with Crippen molar-refractivity contribution in [2.75, 3.05) is 13.2 Å². The zero-order valence-corrected chi connectivity index (χ0v) is 15.2. The molecule has 0 unspecified atom stereocenters. The van der Waals surface area contributed by atoms with Gasteiger partial charge in [-0.2, -0.15) is 0 Å². The highest BCUT2D eigenvalue weighted by Gasteiger charge is 2.41. The Bertz CT molecular complexity index is 324. The fourth-order valence-corrected chi connectivity index (χ4v) is 3.39. The van der Waals surface area contributed by atoms with Gasteiger partial charge in [-0.05, 0) is 76.5 Å². The van der Waals surface area contributed by atoms with Gasteiger partial charge in [0.25, 0.3) is 0 Å². The Hall–Kier alpha value is -0.0800. The van der Waals surface area contributed by atoms with Crippen LogP contribution in [0, 0.1) is 17.3 Å². The van der Waals surface area contributed by atoms with E-state index >= 15 is 0 Å². The largest absolute Gasteiger partial charge is 0.373 e. The molecule has 2 fully saturated rings. The van der Waals surface area contributed by atoms with E-state index in [1.54, 1.807) is 0 Å². The van der Waals surface area contributed by atoms with Crippen LogP contribution in [0.3, 0.4) is 0 Å². The van der Waals surface area contributed by atoms with Crippen molar-refractivity contribution >= 4 is 0 Å². The zero-order chi connectivity index (χ0) is 15.7. The van der Waals surface area contributed by atoms with E-state index in [0.717, 1.165) is 25.0 Å². The molecular weight excluding hydrogens is 258 g/mol. The normalized spacial score (nSPS) is 31.4. The lowest BCUT2D eigenvalue weighted by Crippen LogP contribution is -2.51. The maximum absolute atomic E-state index is 6.49. The summed E-state index contributed by atoms with van der Waals surface area (Å²) in [7, 11) is 0. The minimum Gasteiger partial charge on any atom is -0.373 e. The van der Waals surface area contributed by atoms with E-state index in [0.29, 0.717) is 5.41 Å². The van der Waals surface area contributed by atoms with Crippen LogP contribution in [-0.4, -0.2) is 24.3 Å². The third-order valence-corrected chi connectivity index (χ3v) is 5.38. The Morgan fingerprint density at radius 3 is 1.95 bits per heavy atom. The van der Waals surface area contributed by atoms with E-state index in [1.807, 2.05) is 0 Å². The lowest BCUT2D eigenvalue weighted by atomic mass is 9.68. The number of hydrogen-bond donors (Lipinski definition) is 1. The first-order valence-electron chi connectivity index (χ1n) is 8.99. The molecule has 2 nitrogen and oxygen atoms in total. The van der Waals surface area contributed by atoms with Gasteiger partial charge in [0, 0.05) is 12.1 Å². The van der Waals surface area contributed by atoms with Gasteiger partial charge in [-0.15, -0.1) is 0 Å². The molecule has 0 bridgehead atoms. The molecule has 2 saturated carbocycles. The highest BCUT2D eigenvalue weighted by Crippen LogP contribution is 2.43. The first kappa shape index (κ1) is 17.3. The van der Waals surface area contributed by atoms with Gasteiger partial charge in [-0.25, -0.2) is 0 Å². The number of hydrogen-bond acceptors (Lipinski definition) is 2. The van der Waals surface area contributed by atoms with Crippen LogP contribution in [0.15, 0.2) is 0 Å². The smallest absolute Gasteiger partial charge is 0.0806 e. The summed E-state index contributed by atoms with van der Waals surface area (Å²) in [5, 5.41) is 3.71. The maximum atomic E-state index is 6.49. The molecule has 1 N–H and O–H groups in total. The molecule has 124 valence electrons. The molecule has 2 aliphatic rings. The molecular formula is C19H37NO. The van der Waals surface area contributed by atoms with Crippen LogP contribution in [-0.2, 0) is 4.74 Å². The van der Waals surface area contributed by atoms with Crippen molar-refractivity contribution in [2.24, 2.45) is 17.3 Å². The molecule has 0 atom stereocenters. The maximum Gasteiger partial charge on any atom is 0.0806 e. The molecule has 0 aliphatic heterocycles. The van der Waals surface area contributed by atoms with Gasteiger partial charge in [-0.1, -0.05) is 20.8 Å². The van der Waals surface area contributed by atoms with Crippen LogP contribution < -0.4 is 5.32 Å². The minimum absolute atomic E-state index is 0.0949. The molecule has 0 aromatic heterocycles. The van der Waals surface area contributed by atoms with E-state index < -0.39 is 0 Å². The van der Waals surface area contributed by atoms with Crippen LogP contribution in [0.1, 0.15) is 80.1 Å². The summed E-state index contributed by atoms with van der Waals surface area (Å²) in [4.78, 5) is 0. The molecule has 0 radical (unpaired) electrons. The monoisotopic (exact) mass is 295 g/mol. The summed E-state index contributed by atoms with van der Waals surface area (Å²) >= 11 is 0. The predicted molar refractivity (Wildman–Crippen MR) is 90.6 cm³/mol. The van der Waals surface area contributed by atoms with E-state index in [9.17, 15) is 0 Å². The lowest BCUT2D eigenvalue weighted by molar-refractivity contribution is -0.0906. The molecule has 0 heterocycles. The molecule has 0 aromatic rings. The Labute approximate surface area is 132 Å². The SMILES string of the molecule is CC(C)(C)NCC1(OCC2CC2)CCC(C(C)(C)C)CC1. The summed E-state index contributed by atoms with van der Waals surface area (Å²) in [5.74, 6) is 1.71. The Kier molecular flexibility index (Phi) is 5.10. The van der Waals surface area contributed by atoms with E-state index in [1.165, 1.54) is 38.5 Å². The first-order valence-corrected chi connectivity index (χ1v) is 8.99. The molecule has 2 aliphatic carbocycles. The Balaban J connectivity index is 1.93. The molecule has 0 aromatic carbocycles. The Morgan fingerprint density at radius 2 is 1.52 bits per heavy atom. The van der Waals surface area contributed by atoms with Gasteiger partial charge in [0.05, 0.1) is 12.2 Å². The van der Waals surface area contributed by atoms with Crippen molar-refractivity contribution in [1.29, 1.82) is 0 Å². The lowest BCUT2D eigenvalue weighted by Gasteiger charge is -2.45. The molecule has 0 spiro atoms. The van der Waals surface area contributed by atoms with Crippen LogP contribution in [0.2, 0.25) is 0 Å². The quantitative estimate of drug-likeness (QED) is 0.788. The Morgan fingerprint density at radius 1 is 0.952 bits per heavy atom. The first-order chi connectivity index (χ1) is 9.60. The van der Waals surface area contributed by atoms with Gasteiger partial charge in [0.2, 0.25) is 0 Å². The highest BCUT2D eigenvalue weighted by molar-refractivity contribution is 4.94. The van der Waals surface area contributed by atoms with Crippen molar-refractivity contribution in [3.63, 3.8) is 0 Å². The molecule has 2 rings (SSSR count). The summed E-state index contributed by atoms with van der Waals surface area (Å²) < 4.78 is 6.49. The predicted octanol–water partition coefficient (Wildman–Crippen LogP) is 4.78. The second-order valence-electron chi connectivity index (χ2n) is 9.68. The van der Waals surface area contributed by atoms with Gasteiger partial charge in [0.1, 0.15) is 0 Å². The topological polar surface area (TPSA) is 21.3 Å². The molecule has 2 heteroatoms. The molecule has 0 amide bonds. The molecule has 0 saturated heterocycles. The van der Waals surface area contributed by atoms with Crippen LogP contribution in [0.4, 0.5) is 0 Å². The van der Waals surface area contributed by atoms with Gasteiger partial charge in [-0.3, -0.25) is 0 Å². The summed E-state index contributed by atoms with van der Waals surface area (Å²) in [6.07, 6.45) is 7.86. The van der Waals surface area contributed by atoms with Crippen molar-refractivity contribution in [3.8, 4) is 0 Å². The fraction of sp³-hybridized carbons (Fsp3) is 1.00. The third-order valence-electron chi connectivity index (χ3n) is 5.38. The third kappa shape index (κ3) is 5.56. The summed E-state index contributed by atoms with van der Waals surface area (Å²) in [5.41, 5.74) is 0.717. The van der Waals surface area contributed by atoms with Gasteiger partial charge >= 0.3 is 0 Å². The molecule has 21 heavy (non-hydrogen) atoms. The van der Waals surface area contributed by atoms with Gasteiger partial charge < -0.3 is 10.1 Å². The van der Waals surface area contributed by atoms with Gasteiger partial charge in [0.15, 0.2) is 0 Å². The highest BCUT2D eigenvalue weighted by atomic mass is 16.5. The van der Waals surface area contributed by atoms with E-state index in [2.05, 4.69) is 46.9 Å². The summed E-state index contributed by atoms with van der Waals surface area (Å²) in [6, 6.07) is 0. The van der Waals surface area contributed by atoms with E-state index in [4.69, 9.17) is 4.74 Å². The zero-order valence-electron chi connectivity index (χ0n) is 15.2. The average molecular weight is 296 g/mol. The average Bonchev–Trinajstić information content (AvgIpc) is 3.17. The summed E-state index contributed by atoms with van der Waals surface area (Å²) in [6.45, 7) is 15.9. The number of rotatable bonds is 5. The van der Waals surface area contributed by atoms with E-state index in [-0.39, 0.29) is 11.1 Å². The van der Waals surface area contributed by atoms with Crippen LogP contribution in [0.5, 0.6) is 0 Å². The van der Waals surface area contributed by atoms with Crippen molar-refractivity contribution < 1.29 is 4.74 Å².